The van der Waals surface area contributed by atoms with Crippen LogP contribution < -0.4 is 0 Å². The fraction of sp³-hybridized carbons (Fsp3) is 0.227. The first-order valence-electron chi connectivity index (χ1n) is 8.90. The van der Waals surface area contributed by atoms with Gasteiger partial charge >= 0.3 is 0 Å². The first kappa shape index (κ1) is 17.0. The highest BCUT2D eigenvalue weighted by Crippen LogP contribution is 2.32. The quantitative estimate of drug-likeness (QED) is 0.529. The number of carbonyl (C=O) groups excluding carboxylic acids is 1. The SMILES string of the molecule is O=C(c1occc1CSc1ccccc1)N(Cc1ccccc1)C1CC1. The molecule has 0 atom stereocenters. The highest BCUT2D eigenvalue weighted by molar-refractivity contribution is 7.98. The van der Waals surface area contributed by atoms with E-state index in [1.807, 2.05) is 47.4 Å². The summed E-state index contributed by atoms with van der Waals surface area (Å²) >= 11 is 1.72. The van der Waals surface area contributed by atoms with Gasteiger partial charge in [0.2, 0.25) is 0 Å². The zero-order valence-electron chi connectivity index (χ0n) is 14.5. The van der Waals surface area contributed by atoms with Crippen molar-refractivity contribution in [1.82, 2.24) is 4.90 Å². The molecule has 0 N–H and O–H groups in total. The minimum atomic E-state index is 0.00464. The van der Waals surface area contributed by atoms with Gasteiger partial charge in [0.15, 0.2) is 5.76 Å². The van der Waals surface area contributed by atoms with Gasteiger partial charge in [0.05, 0.1) is 6.26 Å². The maximum absolute atomic E-state index is 13.1. The topological polar surface area (TPSA) is 33.5 Å². The summed E-state index contributed by atoms with van der Waals surface area (Å²) in [7, 11) is 0. The van der Waals surface area contributed by atoms with Crippen LogP contribution in [0, 0.1) is 0 Å². The van der Waals surface area contributed by atoms with Crippen molar-refractivity contribution >= 4 is 17.7 Å². The molecule has 1 aliphatic rings. The summed E-state index contributed by atoms with van der Waals surface area (Å²) in [6.07, 6.45) is 3.78. The standard InChI is InChI=1S/C22H21NO2S/c24-22(23(19-11-12-19)15-17-7-3-1-4-8-17)21-18(13-14-25-21)16-26-20-9-5-2-6-10-20/h1-10,13-14,19H,11-12,15-16H2. The minimum Gasteiger partial charge on any atom is -0.459 e. The van der Waals surface area contributed by atoms with Crippen LogP contribution in [0.5, 0.6) is 0 Å². The molecule has 4 rings (SSSR count). The number of nitrogens with zero attached hydrogens (tertiary/aromatic N) is 1. The van der Waals surface area contributed by atoms with Gasteiger partial charge in [-0.1, -0.05) is 48.5 Å². The summed E-state index contributed by atoms with van der Waals surface area (Å²) in [5.41, 5.74) is 2.11. The lowest BCUT2D eigenvalue weighted by Crippen LogP contribution is -2.32. The van der Waals surface area contributed by atoms with E-state index < -0.39 is 0 Å². The van der Waals surface area contributed by atoms with Crippen molar-refractivity contribution < 1.29 is 9.21 Å². The van der Waals surface area contributed by atoms with Crippen LogP contribution in [0.15, 0.2) is 82.3 Å². The van der Waals surface area contributed by atoms with Crippen LogP contribution in [0.4, 0.5) is 0 Å². The Balaban J connectivity index is 1.49. The van der Waals surface area contributed by atoms with Gasteiger partial charge in [-0.15, -0.1) is 11.8 Å². The molecule has 1 heterocycles. The van der Waals surface area contributed by atoms with E-state index in [-0.39, 0.29) is 5.91 Å². The molecule has 3 nitrogen and oxygen atoms in total. The fourth-order valence-electron chi connectivity index (χ4n) is 2.98. The highest BCUT2D eigenvalue weighted by atomic mass is 32.2. The molecule has 1 aliphatic carbocycles. The van der Waals surface area contributed by atoms with Crippen LogP contribution in [0.1, 0.15) is 34.5 Å². The Morgan fingerprint density at radius 3 is 2.38 bits per heavy atom. The van der Waals surface area contributed by atoms with Gasteiger partial charge in [0.1, 0.15) is 0 Å². The molecule has 1 saturated carbocycles. The third-order valence-electron chi connectivity index (χ3n) is 4.52. The Morgan fingerprint density at radius 2 is 1.69 bits per heavy atom. The molecule has 0 unspecified atom stereocenters. The van der Waals surface area contributed by atoms with Crippen molar-refractivity contribution in [2.45, 2.75) is 36.1 Å². The van der Waals surface area contributed by atoms with Gasteiger partial charge in [-0.2, -0.15) is 0 Å². The van der Waals surface area contributed by atoms with Crippen LogP contribution in [-0.4, -0.2) is 16.8 Å². The molecule has 1 fully saturated rings. The largest absolute Gasteiger partial charge is 0.459 e. The molecule has 4 heteroatoms. The van der Waals surface area contributed by atoms with Gasteiger partial charge < -0.3 is 9.32 Å². The minimum absolute atomic E-state index is 0.00464. The van der Waals surface area contributed by atoms with Crippen molar-refractivity contribution in [2.75, 3.05) is 0 Å². The Labute approximate surface area is 158 Å². The number of rotatable bonds is 7. The number of furan rings is 1. The van der Waals surface area contributed by atoms with Gasteiger partial charge in [0, 0.05) is 28.8 Å². The van der Waals surface area contributed by atoms with E-state index in [9.17, 15) is 4.79 Å². The predicted molar refractivity (Wildman–Crippen MR) is 104 cm³/mol. The average molecular weight is 363 g/mol. The lowest BCUT2D eigenvalue weighted by molar-refractivity contribution is 0.0696. The monoisotopic (exact) mass is 363 g/mol. The van der Waals surface area contributed by atoms with E-state index in [0.29, 0.717) is 18.3 Å². The smallest absolute Gasteiger partial charge is 0.290 e. The normalized spacial score (nSPS) is 13.5. The fourth-order valence-corrected chi connectivity index (χ4v) is 3.88. The van der Waals surface area contributed by atoms with Crippen molar-refractivity contribution in [2.24, 2.45) is 0 Å². The van der Waals surface area contributed by atoms with E-state index in [1.54, 1.807) is 18.0 Å². The second kappa shape index (κ2) is 7.83. The first-order chi connectivity index (χ1) is 12.8. The summed E-state index contributed by atoms with van der Waals surface area (Å²) in [5.74, 6) is 1.21. The van der Waals surface area contributed by atoms with Crippen molar-refractivity contribution in [3.8, 4) is 0 Å². The Kier molecular flexibility index (Phi) is 5.12. The van der Waals surface area contributed by atoms with Gasteiger partial charge in [-0.25, -0.2) is 0 Å². The Hall–Kier alpha value is -2.46. The number of hydrogen-bond donors (Lipinski definition) is 0. The molecule has 0 saturated heterocycles. The molecule has 2 aromatic carbocycles. The van der Waals surface area contributed by atoms with Gasteiger partial charge in [-0.3, -0.25) is 4.79 Å². The van der Waals surface area contributed by atoms with E-state index in [0.717, 1.165) is 29.7 Å². The summed E-state index contributed by atoms with van der Waals surface area (Å²) in [6.45, 7) is 0.635. The molecular formula is C22H21NO2S. The maximum atomic E-state index is 13.1. The predicted octanol–water partition coefficient (Wildman–Crippen LogP) is 5.38. The van der Waals surface area contributed by atoms with Crippen molar-refractivity contribution in [1.29, 1.82) is 0 Å². The number of benzene rings is 2. The maximum Gasteiger partial charge on any atom is 0.290 e. The second-order valence-electron chi connectivity index (χ2n) is 6.53. The summed E-state index contributed by atoms with van der Waals surface area (Å²) < 4.78 is 5.61. The molecule has 3 aromatic rings. The average Bonchev–Trinajstić information content (AvgIpc) is 3.42. The van der Waals surface area contributed by atoms with Crippen LogP contribution >= 0.6 is 11.8 Å². The Bertz CT molecular complexity index is 856. The summed E-state index contributed by atoms with van der Waals surface area (Å²) in [4.78, 5) is 16.3. The van der Waals surface area contributed by atoms with Crippen LogP contribution in [-0.2, 0) is 12.3 Å². The van der Waals surface area contributed by atoms with E-state index in [2.05, 4.69) is 24.3 Å². The highest BCUT2D eigenvalue weighted by Gasteiger charge is 2.35. The molecule has 26 heavy (non-hydrogen) atoms. The third kappa shape index (κ3) is 4.02. The molecule has 1 aromatic heterocycles. The van der Waals surface area contributed by atoms with Gasteiger partial charge in [-0.05, 0) is 36.6 Å². The lowest BCUT2D eigenvalue weighted by Gasteiger charge is -2.22. The third-order valence-corrected chi connectivity index (χ3v) is 5.58. The zero-order valence-corrected chi connectivity index (χ0v) is 15.3. The molecule has 0 spiro atoms. The molecule has 0 radical (unpaired) electrons. The van der Waals surface area contributed by atoms with Crippen molar-refractivity contribution in [3.63, 3.8) is 0 Å². The van der Waals surface area contributed by atoms with E-state index in [4.69, 9.17) is 4.42 Å². The summed E-state index contributed by atoms with van der Waals surface area (Å²) in [6, 6.07) is 22.6. The second-order valence-corrected chi connectivity index (χ2v) is 7.58. The number of hydrogen-bond acceptors (Lipinski definition) is 3. The molecule has 0 aliphatic heterocycles. The zero-order chi connectivity index (χ0) is 17.8. The van der Waals surface area contributed by atoms with E-state index >= 15 is 0 Å². The number of carbonyl (C=O) groups is 1. The van der Waals surface area contributed by atoms with Crippen LogP contribution in [0.3, 0.4) is 0 Å². The molecule has 132 valence electrons. The van der Waals surface area contributed by atoms with Crippen molar-refractivity contribution in [3.05, 3.63) is 89.9 Å². The summed E-state index contributed by atoms with van der Waals surface area (Å²) in [5, 5.41) is 0. The lowest BCUT2D eigenvalue weighted by atomic mass is 10.2. The molecule has 0 bridgehead atoms. The molecular weight excluding hydrogens is 342 g/mol. The van der Waals surface area contributed by atoms with Crippen LogP contribution in [0.2, 0.25) is 0 Å². The molecule has 1 amide bonds. The van der Waals surface area contributed by atoms with E-state index in [1.165, 1.54) is 4.90 Å². The number of amides is 1. The first-order valence-corrected chi connectivity index (χ1v) is 9.89. The van der Waals surface area contributed by atoms with Crippen LogP contribution in [0.25, 0.3) is 0 Å². The Morgan fingerprint density at radius 1 is 1.00 bits per heavy atom. The van der Waals surface area contributed by atoms with Gasteiger partial charge in [0.25, 0.3) is 5.91 Å². The number of thioether (sulfide) groups is 1.